The molecule has 2 aromatic carbocycles. The van der Waals surface area contributed by atoms with Crippen molar-refractivity contribution in [2.75, 3.05) is 26.1 Å². The minimum Gasteiger partial charge on any atom is -0.506 e. The molecule has 0 fully saturated rings. The summed E-state index contributed by atoms with van der Waals surface area (Å²) in [5.74, 6) is 0.449. The number of carbonyl (C=O) groups is 1. The molecule has 0 atom stereocenters. The highest BCUT2D eigenvalue weighted by molar-refractivity contribution is 6.32. The summed E-state index contributed by atoms with van der Waals surface area (Å²) < 4.78 is 16.0. The molecule has 7 nitrogen and oxygen atoms in total. The van der Waals surface area contributed by atoms with E-state index in [9.17, 15) is 9.90 Å². The maximum Gasteiger partial charge on any atom is 0.262 e. The molecule has 0 aliphatic rings. The summed E-state index contributed by atoms with van der Waals surface area (Å²) in [4.78, 5) is 12.0. The van der Waals surface area contributed by atoms with Crippen molar-refractivity contribution in [2.24, 2.45) is 0 Å². The van der Waals surface area contributed by atoms with E-state index in [1.165, 1.54) is 32.4 Å². The molecule has 1 amide bonds. The molecule has 0 saturated carbocycles. The zero-order valence-corrected chi connectivity index (χ0v) is 14.4. The molecule has 3 N–H and O–H groups in total. The van der Waals surface area contributed by atoms with Crippen molar-refractivity contribution in [1.29, 1.82) is 5.41 Å². The molecule has 0 saturated heterocycles. The highest BCUT2D eigenvalue weighted by Gasteiger charge is 2.15. The number of hydrogen-bond donors (Lipinski definition) is 3. The number of nitrogens with one attached hydrogen (secondary N) is 2. The van der Waals surface area contributed by atoms with Crippen LogP contribution in [0.5, 0.6) is 23.0 Å². The smallest absolute Gasteiger partial charge is 0.262 e. The molecule has 0 aliphatic heterocycles. The second-order valence-corrected chi connectivity index (χ2v) is 5.31. The van der Waals surface area contributed by atoms with E-state index in [1.807, 2.05) is 0 Å². The Balaban J connectivity index is 2.10. The van der Waals surface area contributed by atoms with Gasteiger partial charge in [0.15, 0.2) is 18.1 Å². The first-order chi connectivity index (χ1) is 12.0. The Morgan fingerprint density at radius 1 is 1.24 bits per heavy atom. The number of aromatic hydroxyl groups is 1. The minimum atomic E-state index is -0.429. The highest BCUT2D eigenvalue weighted by atomic mass is 35.5. The molecule has 132 valence electrons. The maximum absolute atomic E-state index is 12.0. The second kappa shape index (κ2) is 8.25. The molecule has 0 spiro atoms. The fourth-order valence-corrected chi connectivity index (χ4v) is 2.23. The van der Waals surface area contributed by atoms with E-state index in [1.54, 1.807) is 12.1 Å². The number of methoxy groups -OCH3 is 2. The van der Waals surface area contributed by atoms with Crippen molar-refractivity contribution in [3.05, 3.63) is 40.9 Å². The Hall–Kier alpha value is -2.93. The molecule has 0 aromatic heterocycles. The molecule has 0 radical (unpaired) electrons. The lowest BCUT2D eigenvalue weighted by molar-refractivity contribution is -0.118. The van der Waals surface area contributed by atoms with Crippen molar-refractivity contribution in [1.82, 2.24) is 0 Å². The van der Waals surface area contributed by atoms with Crippen LogP contribution in [0.25, 0.3) is 0 Å². The first-order valence-corrected chi connectivity index (χ1v) is 7.54. The van der Waals surface area contributed by atoms with Crippen molar-refractivity contribution in [2.45, 2.75) is 0 Å². The molecular formula is C17H17ClN2O5. The third kappa shape index (κ3) is 4.54. The van der Waals surface area contributed by atoms with Crippen molar-refractivity contribution >= 4 is 29.4 Å². The SMILES string of the molecule is COc1cc(C=N)cc(OC)c1OCC(=O)Nc1ccc(O)c(Cl)c1. The van der Waals surface area contributed by atoms with E-state index in [0.717, 1.165) is 6.21 Å². The topological polar surface area (TPSA) is 101 Å². The summed E-state index contributed by atoms with van der Waals surface area (Å²) in [6.07, 6.45) is 1.15. The zero-order chi connectivity index (χ0) is 18.4. The van der Waals surface area contributed by atoms with Crippen LogP contribution in [0.2, 0.25) is 5.02 Å². The Morgan fingerprint density at radius 3 is 2.40 bits per heavy atom. The Bertz CT molecular complexity index is 770. The number of anilines is 1. The van der Waals surface area contributed by atoms with Crippen molar-refractivity contribution < 1.29 is 24.1 Å². The number of phenols is 1. The normalized spacial score (nSPS) is 10.0. The first kappa shape index (κ1) is 18.4. The fraction of sp³-hybridized carbons (Fsp3) is 0.176. The Kier molecular flexibility index (Phi) is 6.08. The van der Waals surface area contributed by atoms with Gasteiger partial charge in [0.2, 0.25) is 5.75 Å². The number of phenolic OH excluding ortho intramolecular Hbond substituents is 1. The van der Waals surface area contributed by atoms with E-state index in [4.69, 9.17) is 31.2 Å². The summed E-state index contributed by atoms with van der Waals surface area (Å²) in [6.45, 7) is -0.296. The van der Waals surface area contributed by atoms with Crippen LogP contribution < -0.4 is 19.5 Å². The number of rotatable bonds is 7. The lowest BCUT2D eigenvalue weighted by Gasteiger charge is -2.15. The molecular weight excluding hydrogens is 348 g/mol. The van der Waals surface area contributed by atoms with Crippen LogP contribution in [-0.4, -0.2) is 38.1 Å². The maximum atomic E-state index is 12.0. The third-order valence-electron chi connectivity index (χ3n) is 3.23. The number of benzene rings is 2. The molecule has 8 heteroatoms. The van der Waals surface area contributed by atoms with Gasteiger partial charge in [-0.15, -0.1) is 0 Å². The lowest BCUT2D eigenvalue weighted by atomic mass is 10.2. The van der Waals surface area contributed by atoms with Crippen molar-refractivity contribution in [3.63, 3.8) is 0 Å². The number of amides is 1. The van der Waals surface area contributed by atoms with Crippen LogP contribution in [0.1, 0.15) is 5.56 Å². The quantitative estimate of drug-likeness (QED) is 0.517. The number of halogens is 1. The van der Waals surface area contributed by atoms with Gasteiger partial charge in [0.1, 0.15) is 5.75 Å². The zero-order valence-electron chi connectivity index (χ0n) is 13.6. The summed E-state index contributed by atoms with van der Waals surface area (Å²) in [5.41, 5.74) is 0.999. The minimum absolute atomic E-state index is 0.0725. The number of ether oxygens (including phenoxy) is 3. The molecule has 0 bridgehead atoms. The third-order valence-corrected chi connectivity index (χ3v) is 3.53. The Morgan fingerprint density at radius 2 is 1.88 bits per heavy atom. The number of hydrogen-bond acceptors (Lipinski definition) is 6. The van der Waals surface area contributed by atoms with E-state index >= 15 is 0 Å². The summed E-state index contributed by atoms with van der Waals surface area (Å²) in [5, 5.41) is 19.4. The van der Waals surface area contributed by atoms with E-state index in [0.29, 0.717) is 22.7 Å². The predicted molar refractivity (Wildman–Crippen MR) is 94.7 cm³/mol. The van der Waals surface area contributed by atoms with Crippen molar-refractivity contribution in [3.8, 4) is 23.0 Å². The van der Waals surface area contributed by atoms with Gasteiger partial charge in [-0.25, -0.2) is 0 Å². The molecule has 0 aliphatic carbocycles. The monoisotopic (exact) mass is 364 g/mol. The summed E-state index contributed by atoms with van der Waals surface area (Å²) >= 11 is 5.79. The molecule has 25 heavy (non-hydrogen) atoms. The van der Waals surface area contributed by atoms with Gasteiger partial charge in [-0.2, -0.15) is 0 Å². The van der Waals surface area contributed by atoms with Crippen LogP contribution in [-0.2, 0) is 4.79 Å². The van der Waals surface area contributed by atoms with E-state index in [-0.39, 0.29) is 23.1 Å². The Labute approximate surface area is 149 Å². The highest BCUT2D eigenvalue weighted by Crippen LogP contribution is 2.38. The standard InChI is InChI=1S/C17H17ClN2O5/c1-23-14-5-10(8-19)6-15(24-2)17(14)25-9-16(22)20-11-3-4-13(21)12(18)7-11/h3-8,19,21H,9H2,1-2H3,(H,20,22). The fourth-order valence-electron chi connectivity index (χ4n) is 2.05. The van der Waals surface area contributed by atoms with Gasteiger partial charge in [0.25, 0.3) is 5.91 Å². The largest absolute Gasteiger partial charge is 0.506 e. The van der Waals surface area contributed by atoms with E-state index in [2.05, 4.69) is 5.32 Å². The molecule has 0 heterocycles. The van der Waals surface area contributed by atoms with Gasteiger partial charge in [0, 0.05) is 11.9 Å². The van der Waals surface area contributed by atoms with Gasteiger partial charge in [-0.05, 0) is 35.9 Å². The van der Waals surface area contributed by atoms with Gasteiger partial charge in [-0.1, -0.05) is 11.6 Å². The molecule has 0 unspecified atom stereocenters. The van der Waals surface area contributed by atoms with Crippen LogP contribution in [0.15, 0.2) is 30.3 Å². The first-order valence-electron chi connectivity index (χ1n) is 7.16. The lowest BCUT2D eigenvalue weighted by Crippen LogP contribution is -2.20. The van der Waals surface area contributed by atoms with Gasteiger partial charge in [0.05, 0.1) is 19.2 Å². The summed E-state index contributed by atoms with van der Waals surface area (Å²) in [6, 6.07) is 7.51. The number of carbonyl (C=O) groups excluding carboxylic acids is 1. The molecule has 2 rings (SSSR count). The van der Waals surface area contributed by atoms with Crippen LogP contribution in [0.4, 0.5) is 5.69 Å². The van der Waals surface area contributed by atoms with Crippen LogP contribution in [0.3, 0.4) is 0 Å². The second-order valence-electron chi connectivity index (χ2n) is 4.90. The predicted octanol–water partition coefficient (Wildman–Crippen LogP) is 3.08. The average molecular weight is 365 g/mol. The summed E-state index contributed by atoms with van der Waals surface area (Å²) in [7, 11) is 2.90. The average Bonchev–Trinajstić information content (AvgIpc) is 2.62. The van der Waals surface area contributed by atoms with Gasteiger partial charge < -0.3 is 30.0 Å². The van der Waals surface area contributed by atoms with Gasteiger partial charge >= 0.3 is 0 Å². The van der Waals surface area contributed by atoms with Crippen LogP contribution >= 0.6 is 11.6 Å². The van der Waals surface area contributed by atoms with Gasteiger partial charge in [-0.3, -0.25) is 4.79 Å². The van der Waals surface area contributed by atoms with E-state index < -0.39 is 5.91 Å². The molecule has 2 aromatic rings. The van der Waals surface area contributed by atoms with Crippen LogP contribution in [0, 0.1) is 5.41 Å².